The number of nitrogens with zero attached hydrogens (tertiary/aromatic N) is 1. The molecule has 0 aliphatic heterocycles. The number of non-ortho nitro benzene ring substituents is 1. The van der Waals surface area contributed by atoms with E-state index >= 15 is 0 Å². The summed E-state index contributed by atoms with van der Waals surface area (Å²) >= 11 is 0. The number of anilines is 1. The van der Waals surface area contributed by atoms with E-state index in [0.717, 1.165) is 11.1 Å². The SMILES string of the molecule is O=C(Nc1cccc(/C=C/c2ccc([N+](=O)[O-])cc2)c1)c1ccccc1. The number of carbonyl (C=O) groups is 1. The average Bonchev–Trinajstić information content (AvgIpc) is 2.67. The largest absolute Gasteiger partial charge is 0.322 e. The maximum absolute atomic E-state index is 12.2. The van der Waals surface area contributed by atoms with Crippen molar-refractivity contribution in [1.29, 1.82) is 0 Å². The average molecular weight is 344 g/mol. The molecule has 3 aromatic rings. The van der Waals surface area contributed by atoms with Crippen molar-refractivity contribution in [1.82, 2.24) is 0 Å². The second-order valence-electron chi connectivity index (χ2n) is 5.63. The van der Waals surface area contributed by atoms with Crippen LogP contribution in [0, 0.1) is 10.1 Å². The molecule has 0 fully saturated rings. The van der Waals surface area contributed by atoms with Gasteiger partial charge in [-0.15, -0.1) is 0 Å². The van der Waals surface area contributed by atoms with Crippen molar-refractivity contribution in [3.8, 4) is 0 Å². The topological polar surface area (TPSA) is 72.2 Å². The Morgan fingerprint density at radius 1 is 0.846 bits per heavy atom. The molecular formula is C21H16N2O3. The molecule has 0 saturated carbocycles. The molecule has 1 N–H and O–H groups in total. The fraction of sp³-hybridized carbons (Fsp3) is 0. The summed E-state index contributed by atoms with van der Waals surface area (Å²) in [5, 5.41) is 13.5. The fourth-order valence-corrected chi connectivity index (χ4v) is 2.41. The highest BCUT2D eigenvalue weighted by atomic mass is 16.6. The molecule has 3 rings (SSSR count). The Bertz CT molecular complexity index is 949. The van der Waals surface area contributed by atoms with Crippen LogP contribution in [0.5, 0.6) is 0 Å². The monoisotopic (exact) mass is 344 g/mol. The maximum Gasteiger partial charge on any atom is 0.269 e. The highest BCUT2D eigenvalue weighted by Crippen LogP contribution is 2.17. The maximum atomic E-state index is 12.2. The number of carbonyl (C=O) groups excluding carboxylic acids is 1. The van der Waals surface area contributed by atoms with Gasteiger partial charge in [0.1, 0.15) is 0 Å². The van der Waals surface area contributed by atoms with Gasteiger partial charge in [0, 0.05) is 23.4 Å². The Morgan fingerprint density at radius 3 is 2.23 bits per heavy atom. The first-order valence-corrected chi connectivity index (χ1v) is 8.01. The van der Waals surface area contributed by atoms with Crippen LogP contribution in [0.1, 0.15) is 21.5 Å². The first-order valence-electron chi connectivity index (χ1n) is 8.01. The molecule has 0 saturated heterocycles. The minimum absolute atomic E-state index is 0.0628. The summed E-state index contributed by atoms with van der Waals surface area (Å²) in [6, 6.07) is 22.8. The standard InChI is InChI=1S/C21H16N2O3/c24-21(18-6-2-1-3-7-18)22-19-8-4-5-17(15-19)10-9-16-11-13-20(14-12-16)23(25)26/h1-15H,(H,22,24)/b10-9+. The first-order chi connectivity index (χ1) is 12.6. The van der Waals surface area contributed by atoms with Gasteiger partial charge < -0.3 is 5.32 Å². The molecule has 0 heterocycles. The zero-order valence-corrected chi connectivity index (χ0v) is 13.8. The van der Waals surface area contributed by atoms with Crippen LogP contribution in [0.25, 0.3) is 12.2 Å². The van der Waals surface area contributed by atoms with Crippen molar-refractivity contribution in [2.45, 2.75) is 0 Å². The molecule has 26 heavy (non-hydrogen) atoms. The van der Waals surface area contributed by atoms with E-state index in [1.54, 1.807) is 24.3 Å². The van der Waals surface area contributed by atoms with Gasteiger partial charge in [0.05, 0.1) is 4.92 Å². The van der Waals surface area contributed by atoms with Crippen LogP contribution >= 0.6 is 0 Å². The molecule has 0 bridgehead atoms. The Labute approximate surface area is 150 Å². The summed E-state index contributed by atoms with van der Waals surface area (Å²) in [5.74, 6) is -0.165. The van der Waals surface area contributed by atoms with E-state index < -0.39 is 4.92 Å². The van der Waals surface area contributed by atoms with Gasteiger partial charge in [0.15, 0.2) is 0 Å². The Balaban J connectivity index is 1.71. The second-order valence-corrected chi connectivity index (χ2v) is 5.63. The molecule has 0 aliphatic rings. The summed E-state index contributed by atoms with van der Waals surface area (Å²) in [4.78, 5) is 22.5. The van der Waals surface area contributed by atoms with Gasteiger partial charge in [0.25, 0.3) is 11.6 Å². The first kappa shape index (κ1) is 17.1. The van der Waals surface area contributed by atoms with Crippen molar-refractivity contribution in [3.63, 3.8) is 0 Å². The van der Waals surface area contributed by atoms with E-state index in [2.05, 4.69) is 5.32 Å². The molecule has 128 valence electrons. The molecule has 0 unspecified atom stereocenters. The Kier molecular flexibility index (Phi) is 5.19. The molecular weight excluding hydrogens is 328 g/mol. The molecule has 0 aromatic heterocycles. The summed E-state index contributed by atoms with van der Waals surface area (Å²) < 4.78 is 0. The lowest BCUT2D eigenvalue weighted by Gasteiger charge is -2.06. The summed E-state index contributed by atoms with van der Waals surface area (Å²) in [6.07, 6.45) is 3.75. The van der Waals surface area contributed by atoms with Crippen molar-refractivity contribution in [2.75, 3.05) is 5.32 Å². The molecule has 0 atom stereocenters. The lowest BCUT2D eigenvalue weighted by atomic mass is 10.1. The number of hydrogen-bond acceptors (Lipinski definition) is 3. The highest BCUT2D eigenvalue weighted by molar-refractivity contribution is 6.04. The van der Waals surface area contributed by atoms with Crippen LogP contribution in [0.15, 0.2) is 78.9 Å². The van der Waals surface area contributed by atoms with Crippen LogP contribution in [0.2, 0.25) is 0 Å². The van der Waals surface area contributed by atoms with E-state index in [9.17, 15) is 14.9 Å². The normalized spacial score (nSPS) is 10.6. The van der Waals surface area contributed by atoms with Gasteiger partial charge in [-0.25, -0.2) is 0 Å². The molecule has 0 aliphatic carbocycles. The van der Waals surface area contributed by atoms with Crippen LogP contribution < -0.4 is 5.32 Å². The number of rotatable bonds is 5. The predicted octanol–water partition coefficient (Wildman–Crippen LogP) is 5.02. The van der Waals surface area contributed by atoms with Crippen molar-refractivity contribution < 1.29 is 9.72 Å². The molecule has 1 amide bonds. The summed E-state index contributed by atoms with van der Waals surface area (Å²) in [6.45, 7) is 0. The lowest BCUT2D eigenvalue weighted by Crippen LogP contribution is -2.11. The minimum Gasteiger partial charge on any atom is -0.322 e. The molecule has 0 radical (unpaired) electrons. The third-order valence-electron chi connectivity index (χ3n) is 3.75. The zero-order valence-electron chi connectivity index (χ0n) is 13.8. The molecule has 0 spiro atoms. The van der Waals surface area contributed by atoms with E-state index in [0.29, 0.717) is 11.3 Å². The smallest absolute Gasteiger partial charge is 0.269 e. The van der Waals surface area contributed by atoms with Crippen LogP contribution in [-0.2, 0) is 0 Å². The second kappa shape index (κ2) is 7.90. The van der Waals surface area contributed by atoms with Crippen molar-refractivity contribution in [3.05, 3.63) is 106 Å². The predicted molar refractivity (Wildman–Crippen MR) is 103 cm³/mol. The zero-order chi connectivity index (χ0) is 18.4. The molecule has 5 heteroatoms. The van der Waals surface area contributed by atoms with Gasteiger partial charge in [-0.3, -0.25) is 14.9 Å². The number of nitrogens with one attached hydrogen (secondary N) is 1. The van der Waals surface area contributed by atoms with Crippen LogP contribution in [-0.4, -0.2) is 10.8 Å². The van der Waals surface area contributed by atoms with Crippen LogP contribution in [0.4, 0.5) is 11.4 Å². The van der Waals surface area contributed by atoms with Gasteiger partial charge >= 0.3 is 0 Å². The van der Waals surface area contributed by atoms with Gasteiger partial charge in [-0.05, 0) is 47.5 Å². The third kappa shape index (κ3) is 4.42. The number of hydrogen-bond donors (Lipinski definition) is 1. The fourth-order valence-electron chi connectivity index (χ4n) is 2.41. The van der Waals surface area contributed by atoms with Gasteiger partial charge in [-0.2, -0.15) is 0 Å². The quantitative estimate of drug-likeness (QED) is 0.401. The van der Waals surface area contributed by atoms with E-state index in [4.69, 9.17) is 0 Å². The van der Waals surface area contributed by atoms with Gasteiger partial charge in [-0.1, -0.05) is 42.5 Å². The Morgan fingerprint density at radius 2 is 1.54 bits per heavy atom. The number of nitro benzene ring substituents is 1. The molecule has 3 aromatic carbocycles. The van der Waals surface area contributed by atoms with E-state index in [1.807, 2.05) is 54.6 Å². The summed E-state index contributed by atoms with van der Waals surface area (Å²) in [7, 11) is 0. The minimum atomic E-state index is -0.424. The number of benzene rings is 3. The lowest BCUT2D eigenvalue weighted by molar-refractivity contribution is -0.384. The number of amides is 1. The van der Waals surface area contributed by atoms with Crippen molar-refractivity contribution in [2.24, 2.45) is 0 Å². The van der Waals surface area contributed by atoms with Gasteiger partial charge in [0.2, 0.25) is 0 Å². The summed E-state index contributed by atoms with van der Waals surface area (Å²) in [5.41, 5.74) is 3.13. The van der Waals surface area contributed by atoms with E-state index in [1.165, 1.54) is 12.1 Å². The molecule has 5 nitrogen and oxygen atoms in total. The van der Waals surface area contributed by atoms with Crippen molar-refractivity contribution >= 4 is 29.4 Å². The van der Waals surface area contributed by atoms with Crippen LogP contribution in [0.3, 0.4) is 0 Å². The highest BCUT2D eigenvalue weighted by Gasteiger charge is 2.05. The Hall–Kier alpha value is -3.73. The third-order valence-corrected chi connectivity index (χ3v) is 3.75. The van der Waals surface area contributed by atoms with E-state index in [-0.39, 0.29) is 11.6 Å². The number of nitro groups is 1.